The predicted octanol–water partition coefficient (Wildman–Crippen LogP) is 4.89. The third-order valence-corrected chi connectivity index (χ3v) is 4.24. The normalized spacial score (nSPS) is 11.5. The Morgan fingerprint density at radius 2 is 1.21 bits per heavy atom. The zero-order valence-corrected chi connectivity index (χ0v) is 12.8. The summed E-state index contributed by atoms with van der Waals surface area (Å²) in [7, 11) is 3.13. The average molecular weight is 270 g/mol. The summed E-state index contributed by atoms with van der Waals surface area (Å²) >= 11 is 0. The fourth-order valence-corrected chi connectivity index (χ4v) is 3.50. The smallest absolute Gasteiger partial charge is 0.00698 e. The molecule has 0 fully saturated rings. The first kappa shape index (κ1) is 14.3. The third-order valence-electron chi connectivity index (χ3n) is 3.55. The Bertz CT molecular complexity index is 434. The van der Waals surface area contributed by atoms with Crippen LogP contribution in [0.4, 0.5) is 0 Å². The fourth-order valence-electron chi connectivity index (χ4n) is 2.74. The predicted molar refractivity (Wildman–Crippen MR) is 87.6 cm³/mol. The molecule has 0 aliphatic heterocycles. The molecule has 1 atom stereocenters. The number of hydrogen-bond donors (Lipinski definition) is 0. The molecule has 0 spiro atoms. The van der Waals surface area contributed by atoms with Crippen molar-refractivity contribution in [3.63, 3.8) is 0 Å². The van der Waals surface area contributed by atoms with Gasteiger partial charge in [0.05, 0.1) is 0 Å². The molecular formula is C18H23P. The minimum Gasteiger partial charge on any atom is -0.130 e. The molecule has 0 nitrogen and oxygen atoms in total. The highest BCUT2D eigenvalue weighted by atomic mass is 31.0. The first-order valence-corrected chi connectivity index (χ1v) is 7.66. The van der Waals surface area contributed by atoms with Gasteiger partial charge in [-0.05, 0) is 35.5 Å². The summed E-state index contributed by atoms with van der Waals surface area (Å²) in [5, 5.41) is 0.275. The van der Waals surface area contributed by atoms with Gasteiger partial charge in [-0.15, -0.1) is 9.24 Å². The van der Waals surface area contributed by atoms with Crippen molar-refractivity contribution in [1.82, 2.24) is 0 Å². The molecule has 0 saturated carbocycles. The van der Waals surface area contributed by atoms with Crippen LogP contribution in [0, 0.1) is 0 Å². The summed E-state index contributed by atoms with van der Waals surface area (Å²) in [5.74, 6) is 0. The molecule has 2 aromatic carbocycles. The second kappa shape index (κ2) is 6.87. The van der Waals surface area contributed by atoms with Crippen LogP contribution in [0.5, 0.6) is 0 Å². The zero-order valence-electron chi connectivity index (χ0n) is 11.7. The van der Waals surface area contributed by atoms with Gasteiger partial charge in [-0.3, -0.25) is 0 Å². The number of benzene rings is 2. The van der Waals surface area contributed by atoms with Crippen LogP contribution in [-0.4, -0.2) is 5.16 Å². The maximum Gasteiger partial charge on any atom is -0.00698 e. The molecule has 0 aromatic heterocycles. The molecule has 100 valence electrons. The average Bonchev–Trinajstić information content (AvgIpc) is 2.41. The van der Waals surface area contributed by atoms with Gasteiger partial charge in [0.1, 0.15) is 0 Å². The van der Waals surface area contributed by atoms with Crippen LogP contribution in [0.3, 0.4) is 0 Å². The van der Waals surface area contributed by atoms with Gasteiger partial charge in [-0.2, -0.15) is 0 Å². The van der Waals surface area contributed by atoms with Crippen molar-refractivity contribution in [2.45, 2.75) is 37.8 Å². The van der Waals surface area contributed by atoms with E-state index in [2.05, 4.69) is 76.8 Å². The monoisotopic (exact) mass is 270 g/mol. The Morgan fingerprint density at radius 1 is 0.789 bits per heavy atom. The van der Waals surface area contributed by atoms with E-state index in [4.69, 9.17) is 0 Å². The lowest BCUT2D eigenvalue weighted by molar-refractivity contribution is 0.525. The number of rotatable bonds is 6. The molecule has 0 bridgehead atoms. The quantitative estimate of drug-likeness (QED) is 0.656. The van der Waals surface area contributed by atoms with E-state index < -0.39 is 0 Å². The highest BCUT2D eigenvalue weighted by Gasteiger charge is 2.24. The first-order chi connectivity index (χ1) is 9.22. The van der Waals surface area contributed by atoms with Crippen LogP contribution in [0.15, 0.2) is 60.7 Å². The van der Waals surface area contributed by atoms with E-state index in [1.54, 1.807) is 0 Å². The first-order valence-electron chi connectivity index (χ1n) is 7.08. The lowest BCUT2D eigenvalue weighted by Crippen LogP contribution is -2.26. The topological polar surface area (TPSA) is 0 Å². The maximum absolute atomic E-state index is 3.13. The van der Waals surface area contributed by atoms with E-state index in [9.17, 15) is 0 Å². The van der Waals surface area contributed by atoms with Crippen LogP contribution in [0.25, 0.3) is 0 Å². The minimum absolute atomic E-state index is 0.275. The van der Waals surface area contributed by atoms with Crippen molar-refractivity contribution in [3.8, 4) is 0 Å². The van der Waals surface area contributed by atoms with Crippen LogP contribution in [0.1, 0.15) is 30.9 Å². The molecule has 0 radical (unpaired) electrons. The molecule has 0 aliphatic carbocycles. The minimum atomic E-state index is 0.275. The summed E-state index contributed by atoms with van der Waals surface area (Å²) < 4.78 is 0. The molecular weight excluding hydrogens is 247 g/mol. The lowest BCUT2D eigenvalue weighted by atomic mass is 9.88. The molecule has 2 aromatic rings. The molecule has 0 heterocycles. The molecule has 0 saturated heterocycles. The van der Waals surface area contributed by atoms with Gasteiger partial charge in [0.25, 0.3) is 0 Å². The van der Waals surface area contributed by atoms with Crippen molar-refractivity contribution >= 4 is 9.24 Å². The van der Waals surface area contributed by atoms with Gasteiger partial charge in [0.2, 0.25) is 0 Å². The fraction of sp³-hybridized carbons (Fsp3) is 0.333. The van der Waals surface area contributed by atoms with Crippen LogP contribution in [0.2, 0.25) is 0 Å². The Kier molecular flexibility index (Phi) is 5.16. The molecule has 1 unspecified atom stereocenters. The highest BCUT2D eigenvalue weighted by Crippen LogP contribution is 2.33. The Labute approximate surface area is 119 Å². The maximum atomic E-state index is 3.13. The van der Waals surface area contributed by atoms with Gasteiger partial charge in [0, 0.05) is 0 Å². The molecule has 0 amide bonds. The standard InChI is InChI=1S/C18H23P/c1-2-13-18(19,14-16-9-5-3-6-10-16)15-17-11-7-4-8-12-17/h3-12H,2,13-15,19H2,1H3. The van der Waals surface area contributed by atoms with E-state index in [0.717, 1.165) is 12.8 Å². The van der Waals surface area contributed by atoms with E-state index in [1.165, 1.54) is 24.0 Å². The van der Waals surface area contributed by atoms with Gasteiger partial charge in [-0.25, -0.2) is 0 Å². The third kappa shape index (κ3) is 4.48. The summed E-state index contributed by atoms with van der Waals surface area (Å²) in [6.45, 7) is 2.27. The SMILES string of the molecule is CCCC(P)(Cc1ccccc1)Cc1ccccc1. The van der Waals surface area contributed by atoms with Crippen LogP contribution in [-0.2, 0) is 12.8 Å². The van der Waals surface area contributed by atoms with E-state index in [-0.39, 0.29) is 5.16 Å². The van der Waals surface area contributed by atoms with Gasteiger partial charge >= 0.3 is 0 Å². The van der Waals surface area contributed by atoms with Crippen molar-refractivity contribution < 1.29 is 0 Å². The lowest BCUT2D eigenvalue weighted by Gasteiger charge is -2.29. The molecule has 2 rings (SSSR count). The van der Waals surface area contributed by atoms with E-state index >= 15 is 0 Å². The van der Waals surface area contributed by atoms with Gasteiger partial charge in [-0.1, -0.05) is 74.0 Å². The van der Waals surface area contributed by atoms with Crippen LogP contribution >= 0.6 is 9.24 Å². The van der Waals surface area contributed by atoms with Crippen molar-refractivity contribution in [3.05, 3.63) is 71.8 Å². The molecule has 19 heavy (non-hydrogen) atoms. The van der Waals surface area contributed by atoms with Crippen molar-refractivity contribution in [2.24, 2.45) is 0 Å². The number of hydrogen-bond acceptors (Lipinski definition) is 0. The summed E-state index contributed by atoms with van der Waals surface area (Å²) in [5.41, 5.74) is 2.86. The Balaban J connectivity index is 2.13. The second-order valence-corrected chi connectivity index (χ2v) is 6.66. The van der Waals surface area contributed by atoms with Gasteiger partial charge in [0.15, 0.2) is 0 Å². The molecule has 0 aliphatic rings. The summed E-state index contributed by atoms with van der Waals surface area (Å²) in [4.78, 5) is 0. The molecule has 0 N–H and O–H groups in total. The summed E-state index contributed by atoms with van der Waals surface area (Å²) in [6, 6.07) is 21.7. The van der Waals surface area contributed by atoms with E-state index in [1.807, 2.05) is 0 Å². The Hall–Kier alpha value is -1.13. The van der Waals surface area contributed by atoms with E-state index in [0.29, 0.717) is 0 Å². The van der Waals surface area contributed by atoms with Crippen LogP contribution < -0.4 is 0 Å². The Morgan fingerprint density at radius 3 is 1.58 bits per heavy atom. The van der Waals surface area contributed by atoms with Crippen molar-refractivity contribution in [2.75, 3.05) is 0 Å². The largest absolute Gasteiger partial charge is 0.130 e. The van der Waals surface area contributed by atoms with Gasteiger partial charge < -0.3 is 0 Å². The zero-order chi connectivity index (χ0) is 13.6. The van der Waals surface area contributed by atoms with Crippen molar-refractivity contribution in [1.29, 1.82) is 0 Å². The second-order valence-electron chi connectivity index (χ2n) is 5.44. The molecule has 1 heteroatoms. The highest BCUT2D eigenvalue weighted by molar-refractivity contribution is 7.19. The summed E-state index contributed by atoms with van der Waals surface area (Å²) in [6.07, 6.45) is 4.72.